The predicted octanol–water partition coefficient (Wildman–Crippen LogP) is 1.73. The van der Waals surface area contributed by atoms with Gasteiger partial charge in [-0.3, -0.25) is 4.90 Å². The van der Waals surface area contributed by atoms with E-state index in [9.17, 15) is 8.78 Å². The molecule has 1 aromatic carbocycles. The van der Waals surface area contributed by atoms with Gasteiger partial charge in [0.2, 0.25) is 0 Å². The van der Waals surface area contributed by atoms with E-state index in [4.69, 9.17) is 10.00 Å². The summed E-state index contributed by atoms with van der Waals surface area (Å²) < 4.78 is 34.2. The zero-order valence-electron chi connectivity index (χ0n) is 13.4. The number of thiol groups is 1. The van der Waals surface area contributed by atoms with Gasteiger partial charge < -0.3 is 4.74 Å². The number of hydrogen-bond acceptors (Lipinski definition) is 7. The maximum atomic E-state index is 13.7. The van der Waals surface area contributed by atoms with Gasteiger partial charge in [0.1, 0.15) is 0 Å². The van der Waals surface area contributed by atoms with Crippen LogP contribution in [0.4, 0.5) is 8.78 Å². The Morgan fingerprint density at radius 3 is 2.96 bits per heavy atom. The fourth-order valence-corrected chi connectivity index (χ4v) is 2.88. The summed E-state index contributed by atoms with van der Waals surface area (Å²) in [6.07, 6.45) is 0. The molecule has 2 aromatic rings. The van der Waals surface area contributed by atoms with Crippen molar-refractivity contribution in [1.82, 2.24) is 25.1 Å². The minimum atomic E-state index is -3.44. The smallest absolute Gasteiger partial charge is 0.317 e. The van der Waals surface area contributed by atoms with Gasteiger partial charge >= 0.3 is 5.25 Å². The van der Waals surface area contributed by atoms with Crippen molar-refractivity contribution >= 4 is 12.6 Å². The van der Waals surface area contributed by atoms with E-state index in [1.807, 2.05) is 6.92 Å². The van der Waals surface area contributed by atoms with Crippen LogP contribution < -0.4 is 0 Å². The van der Waals surface area contributed by atoms with Crippen molar-refractivity contribution in [3.05, 3.63) is 35.2 Å². The standard InChI is InChI=1S/C15H16F2N6OS/c1-10-9-24-5-4-22(10)8-14-19-20-21-23(14)12-3-2-11(7-18)13(6-12)15(16,17)25/h2-3,6,10,25H,4-5,8-9H2,1H3/t10-/m1/s1. The molecule has 0 N–H and O–H groups in total. The van der Waals surface area contributed by atoms with Crippen molar-refractivity contribution in [3.8, 4) is 11.8 Å². The molecule has 1 atom stereocenters. The van der Waals surface area contributed by atoms with Gasteiger partial charge in [-0.1, -0.05) is 0 Å². The molecule has 7 nitrogen and oxygen atoms in total. The van der Waals surface area contributed by atoms with Gasteiger partial charge in [0.05, 0.1) is 42.6 Å². The first-order valence-corrected chi connectivity index (χ1v) is 8.09. The molecule has 1 aliphatic rings. The third-order valence-corrected chi connectivity index (χ3v) is 4.32. The van der Waals surface area contributed by atoms with Gasteiger partial charge in [0.15, 0.2) is 5.82 Å². The van der Waals surface area contributed by atoms with Crippen LogP contribution in [0.15, 0.2) is 18.2 Å². The third kappa shape index (κ3) is 3.78. The minimum Gasteiger partial charge on any atom is -0.379 e. The lowest BCUT2D eigenvalue weighted by Crippen LogP contribution is -2.43. The van der Waals surface area contributed by atoms with E-state index >= 15 is 0 Å². The minimum absolute atomic E-state index is 0.139. The van der Waals surface area contributed by atoms with Crippen LogP contribution in [0.5, 0.6) is 0 Å². The van der Waals surface area contributed by atoms with Crippen LogP contribution in [-0.2, 0) is 16.5 Å². The van der Waals surface area contributed by atoms with Crippen molar-refractivity contribution in [2.24, 2.45) is 0 Å². The Morgan fingerprint density at radius 1 is 1.48 bits per heavy atom. The largest absolute Gasteiger partial charge is 0.379 e. The quantitative estimate of drug-likeness (QED) is 0.831. The highest BCUT2D eigenvalue weighted by atomic mass is 32.1. The van der Waals surface area contributed by atoms with E-state index in [1.54, 1.807) is 6.07 Å². The first-order valence-electron chi connectivity index (χ1n) is 7.64. The summed E-state index contributed by atoms with van der Waals surface area (Å²) in [5.41, 5.74) is -0.263. The number of aromatic nitrogens is 4. The molecule has 1 aromatic heterocycles. The molecule has 0 saturated carbocycles. The molecule has 3 rings (SSSR count). The SMILES string of the molecule is C[C@@H]1COCCN1Cc1nnnn1-c1ccc(C#N)c(C(F)(F)S)c1. The van der Waals surface area contributed by atoms with E-state index in [0.29, 0.717) is 31.3 Å². The number of nitrogens with zero attached hydrogens (tertiary/aromatic N) is 6. The second-order valence-electron chi connectivity index (χ2n) is 5.78. The molecule has 0 aliphatic carbocycles. The summed E-state index contributed by atoms with van der Waals surface area (Å²) in [5, 5.41) is 17.1. The van der Waals surface area contributed by atoms with Gasteiger partial charge in [-0.15, -0.1) is 17.7 Å². The van der Waals surface area contributed by atoms with E-state index < -0.39 is 10.8 Å². The first kappa shape index (κ1) is 17.7. The highest BCUT2D eigenvalue weighted by Gasteiger charge is 2.30. The summed E-state index contributed by atoms with van der Waals surface area (Å²) in [4.78, 5) is 2.16. The molecule has 0 spiro atoms. The molecule has 0 radical (unpaired) electrons. The Kier molecular flexibility index (Phi) is 4.99. The van der Waals surface area contributed by atoms with Crippen molar-refractivity contribution in [2.45, 2.75) is 24.8 Å². The summed E-state index contributed by atoms with van der Waals surface area (Å²) >= 11 is 3.29. The summed E-state index contributed by atoms with van der Waals surface area (Å²) in [6.45, 7) is 4.48. The van der Waals surface area contributed by atoms with Crippen LogP contribution in [-0.4, -0.2) is 50.9 Å². The molecule has 2 heterocycles. The fourth-order valence-electron chi connectivity index (χ4n) is 2.69. The van der Waals surface area contributed by atoms with Gasteiger partial charge in [-0.2, -0.15) is 18.7 Å². The second kappa shape index (κ2) is 7.03. The van der Waals surface area contributed by atoms with Crippen LogP contribution >= 0.6 is 12.6 Å². The van der Waals surface area contributed by atoms with E-state index in [2.05, 4.69) is 33.1 Å². The Bertz CT molecular complexity index is 800. The molecule has 1 aliphatic heterocycles. The number of alkyl halides is 2. The average Bonchev–Trinajstić information content (AvgIpc) is 3.04. The van der Waals surface area contributed by atoms with Crippen LogP contribution in [0.3, 0.4) is 0 Å². The normalized spacial score (nSPS) is 18.9. The van der Waals surface area contributed by atoms with E-state index in [0.717, 1.165) is 6.54 Å². The van der Waals surface area contributed by atoms with Crippen LogP contribution in [0.25, 0.3) is 5.69 Å². The molecular weight excluding hydrogens is 350 g/mol. The van der Waals surface area contributed by atoms with Crippen molar-refractivity contribution in [1.29, 1.82) is 5.26 Å². The number of hydrogen-bond donors (Lipinski definition) is 1. The summed E-state index contributed by atoms with van der Waals surface area (Å²) in [6, 6.07) is 5.99. The highest BCUT2D eigenvalue weighted by Crippen LogP contribution is 2.35. The zero-order valence-corrected chi connectivity index (χ0v) is 14.3. The molecule has 10 heteroatoms. The predicted molar refractivity (Wildman–Crippen MR) is 87.4 cm³/mol. The number of rotatable bonds is 4. The number of halogens is 2. The van der Waals surface area contributed by atoms with Gasteiger partial charge in [0, 0.05) is 12.6 Å². The van der Waals surface area contributed by atoms with Gasteiger partial charge in [-0.05, 0) is 35.5 Å². The van der Waals surface area contributed by atoms with Crippen molar-refractivity contribution < 1.29 is 13.5 Å². The lowest BCUT2D eigenvalue weighted by Gasteiger charge is -2.32. The Morgan fingerprint density at radius 2 is 2.28 bits per heavy atom. The van der Waals surface area contributed by atoms with Crippen molar-refractivity contribution in [3.63, 3.8) is 0 Å². The molecule has 0 amide bonds. The Labute approximate surface area is 148 Å². The van der Waals surface area contributed by atoms with E-state index in [-0.39, 0.29) is 11.6 Å². The number of ether oxygens (including phenoxy) is 1. The highest BCUT2D eigenvalue weighted by molar-refractivity contribution is 7.81. The van der Waals surface area contributed by atoms with Crippen LogP contribution in [0.2, 0.25) is 0 Å². The second-order valence-corrected chi connectivity index (χ2v) is 6.35. The zero-order chi connectivity index (χ0) is 18.0. The number of morpholine rings is 1. The Balaban J connectivity index is 1.93. The van der Waals surface area contributed by atoms with Gasteiger partial charge in [0.25, 0.3) is 0 Å². The van der Waals surface area contributed by atoms with Crippen LogP contribution in [0, 0.1) is 11.3 Å². The maximum Gasteiger partial charge on any atom is 0.317 e. The lowest BCUT2D eigenvalue weighted by atomic mass is 10.1. The molecular formula is C15H16F2N6OS. The maximum absolute atomic E-state index is 13.7. The average molecular weight is 366 g/mol. The third-order valence-electron chi connectivity index (χ3n) is 4.08. The molecule has 132 valence electrons. The molecule has 0 unspecified atom stereocenters. The number of benzene rings is 1. The fraction of sp³-hybridized carbons (Fsp3) is 0.467. The number of tetrazole rings is 1. The Hall–Kier alpha value is -2.09. The first-order chi connectivity index (χ1) is 11.9. The molecule has 0 bridgehead atoms. The monoisotopic (exact) mass is 366 g/mol. The number of nitriles is 1. The van der Waals surface area contributed by atoms with Gasteiger partial charge in [-0.25, -0.2) is 0 Å². The molecule has 1 saturated heterocycles. The van der Waals surface area contributed by atoms with Crippen molar-refractivity contribution in [2.75, 3.05) is 19.8 Å². The lowest BCUT2D eigenvalue weighted by molar-refractivity contribution is -0.00579. The topological polar surface area (TPSA) is 79.9 Å². The molecule has 1 fully saturated rings. The molecule has 25 heavy (non-hydrogen) atoms. The summed E-state index contributed by atoms with van der Waals surface area (Å²) in [7, 11) is 0. The summed E-state index contributed by atoms with van der Waals surface area (Å²) in [5.74, 6) is 0.520. The van der Waals surface area contributed by atoms with Crippen LogP contribution in [0.1, 0.15) is 23.9 Å². The van der Waals surface area contributed by atoms with E-state index in [1.165, 1.54) is 22.9 Å².